The van der Waals surface area contributed by atoms with Crippen molar-refractivity contribution in [3.63, 3.8) is 0 Å². The molecule has 3 aliphatic heterocycles. The third-order valence-electron chi connectivity index (χ3n) is 13.4. The molecule has 5 atom stereocenters. The van der Waals surface area contributed by atoms with E-state index in [-0.39, 0.29) is 87.1 Å². The summed E-state index contributed by atoms with van der Waals surface area (Å²) in [5.41, 5.74) is 1.54. The van der Waals surface area contributed by atoms with Gasteiger partial charge in [-0.05, 0) is 75.8 Å². The number of ketones is 1. The number of alkyl halides is 2. The van der Waals surface area contributed by atoms with Gasteiger partial charge in [0.05, 0.1) is 53.4 Å². The maximum atomic E-state index is 14.9. The molecule has 340 valence electrons. The molecule has 0 spiro atoms. The second-order valence-corrected chi connectivity index (χ2v) is 21.2. The van der Waals surface area contributed by atoms with E-state index in [1.165, 1.54) is 16.2 Å². The van der Waals surface area contributed by atoms with Gasteiger partial charge in [0, 0.05) is 71.2 Å². The zero-order valence-electron chi connectivity index (χ0n) is 37.3. The van der Waals surface area contributed by atoms with E-state index in [0.717, 1.165) is 29.0 Å². The van der Waals surface area contributed by atoms with Crippen molar-refractivity contribution in [3.05, 3.63) is 51.7 Å². The van der Waals surface area contributed by atoms with E-state index in [0.29, 0.717) is 65.2 Å². The van der Waals surface area contributed by atoms with Crippen molar-refractivity contribution in [2.75, 3.05) is 26.7 Å². The number of rotatable bonds is 10. The Morgan fingerprint density at radius 2 is 1.84 bits per heavy atom. The Balaban J connectivity index is 0.00000612. The molecule has 5 aliphatic rings. The van der Waals surface area contributed by atoms with Crippen molar-refractivity contribution in [1.82, 2.24) is 19.8 Å². The summed E-state index contributed by atoms with van der Waals surface area (Å²) in [5.74, 6) is -5.28. The maximum Gasteiger partial charge on any atom is 1.00 e. The van der Waals surface area contributed by atoms with E-state index < -0.39 is 80.6 Å². The normalized spacial score (nSPS) is 26.9. The van der Waals surface area contributed by atoms with Crippen molar-refractivity contribution in [3.8, 4) is 22.2 Å². The SMILES string of the molecule is COc1ccc2c(O[C@@H]3C[C@H]4C(=O)C[C@]5(C(=O)[N-]S(=O)(=O)C6CC6)C[C@H]5/C=C\CCCCC[C@H](CC(=O)N5CCCC(F)(F)C5)C(=O)N4C3)cc(-c3nc(C(C)C)cs3)nc2c1C.[Na+]. The summed E-state index contributed by atoms with van der Waals surface area (Å²) >= 11 is 1.46. The number of ether oxygens (including phenoxy) is 2. The maximum absolute atomic E-state index is 14.9. The fourth-order valence-corrected chi connectivity index (χ4v) is 11.7. The molecule has 3 aromatic rings. The number of piperidine rings is 1. The number of hydrogen-bond donors (Lipinski definition) is 0. The number of amides is 3. The molecule has 64 heavy (non-hydrogen) atoms. The quantitative estimate of drug-likeness (QED) is 0.193. The van der Waals surface area contributed by atoms with Crippen LogP contribution in [-0.2, 0) is 29.2 Å². The number of sulfonamides is 1. The summed E-state index contributed by atoms with van der Waals surface area (Å²) in [5, 5.41) is 2.67. The number of likely N-dealkylation sites (tertiary alicyclic amines) is 1. The molecule has 13 nitrogen and oxygen atoms in total. The molecular weight excluding hydrogens is 876 g/mol. The molecule has 8 rings (SSSR count). The summed E-state index contributed by atoms with van der Waals surface area (Å²) in [7, 11) is -2.45. The fraction of sp³-hybridized carbons (Fsp3) is 0.609. The van der Waals surface area contributed by atoms with Crippen LogP contribution >= 0.6 is 11.3 Å². The minimum atomic E-state index is -4.03. The Morgan fingerprint density at radius 1 is 1.06 bits per heavy atom. The van der Waals surface area contributed by atoms with Gasteiger partial charge in [-0.25, -0.2) is 27.2 Å². The standard InChI is InChI=1S/C46H57F2N5O8S2.Na/c1-27(2)35-25-62-42(50-35)34-21-39(33-15-16-38(60-4)28(3)41(33)49-34)61-31-20-36-37(54)23-45(44(57)51-63(58,59)32-13-14-32)22-30(45)12-9-7-5-6-8-11-29(43(56)53(36)24-31)19-40(55)52-18-10-17-46(47,48)26-52;/h9,12,15-16,21,25,27,29-32,36H,5-8,10-11,13-14,17-20,22-24,26H2,1-4H3,(H,51,57);/q;+1/p-1/b12-9-;/t29-,30-,31-,36+,45-;/m1./s1. The Hall–Kier alpha value is -3.51. The van der Waals surface area contributed by atoms with Crippen LogP contribution in [0.25, 0.3) is 26.3 Å². The molecule has 4 fully saturated rings. The van der Waals surface area contributed by atoms with E-state index in [2.05, 4.69) is 18.6 Å². The fourth-order valence-electron chi connectivity index (χ4n) is 9.43. The molecule has 0 bridgehead atoms. The number of methoxy groups -OCH3 is 1. The average molecular weight is 932 g/mol. The van der Waals surface area contributed by atoms with Gasteiger partial charge in [-0.3, -0.25) is 14.4 Å². The summed E-state index contributed by atoms with van der Waals surface area (Å²) in [6, 6.07) is 4.40. The number of thiazole rings is 1. The third kappa shape index (κ3) is 10.4. The van der Waals surface area contributed by atoms with Gasteiger partial charge in [-0.1, -0.05) is 38.8 Å². The first-order valence-electron chi connectivity index (χ1n) is 22.3. The molecule has 3 amide bonds. The number of fused-ring (bicyclic) bond motifs is 3. The van der Waals surface area contributed by atoms with Crippen LogP contribution < -0.4 is 39.0 Å². The summed E-state index contributed by atoms with van der Waals surface area (Å²) < 4.78 is 71.1. The van der Waals surface area contributed by atoms with E-state index in [9.17, 15) is 36.4 Å². The number of nitrogens with zero attached hydrogens (tertiary/aromatic N) is 5. The van der Waals surface area contributed by atoms with Crippen molar-refractivity contribution < 1.29 is 75.4 Å². The number of allylic oxidation sites excluding steroid dienone is 2. The van der Waals surface area contributed by atoms with Crippen LogP contribution in [-0.4, -0.2) is 102 Å². The molecule has 2 saturated carbocycles. The number of carbonyl (C=O) groups excluding carboxylic acids is 4. The Bertz CT molecular complexity index is 2430. The number of pyridine rings is 1. The van der Waals surface area contributed by atoms with Crippen LogP contribution in [0.4, 0.5) is 8.78 Å². The first-order chi connectivity index (χ1) is 30.0. The van der Waals surface area contributed by atoms with E-state index in [4.69, 9.17) is 19.4 Å². The van der Waals surface area contributed by atoms with Gasteiger partial charge in [0.2, 0.25) is 11.8 Å². The second kappa shape index (κ2) is 19.4. The molecule has 18 heteroatoms. The van der Waals surface area contributed by atoms with Crippen molar-refractivity contribution in [2.24, 2.45) is 17.3 Å². The first-order valence-corrected chi connectivity index (χ1v) is 24.6. The third-order valence-corrected chi connectivity index (χ3v) is 16.0. The van der Waals surface area contributed by atoms with Crippen LogP contribution in [0.5, 0.6) is 11.5 Å². The number of aryl methyl sites for hydroxylation is 1. The van der Waals surface area contributed by atoms with E-state index in [1.54, 1.807) is 7.11 Å². The van der Waals surface area contributed by atoms with Crippen LogP contribution in [0.2, 0.25) is 0 Å². The Kier molecular flexibility index (Phi) is 14.7. The number of carbonyl (C=O) groups is 4. The van der Waals surface area contributed by atoms with Gasteiger partial charge in [0.15, 0.2) is 5.78 Å². The number of halogens is 2. The molecule has 0 unspecified atom stereocenters. The van der Waals surface area contributed by atoms with Gasteiger partial charge >= 0.3 is 29.6 Å². The predicted octanol–water partition coefficient (Wildman–Crippen LogP) is 5.29. The first kappa shape index (κ1) is 48.4. The minimum absolute atomic E-state index is 0. The molecule has 0 N–H and O–H groups in total. The van der Waals surface area contributed by atoms with Crippen molar-refractivity contribution in [2.45, 2.75) is 133 Å². The van der Waals surface area contributed by atoms with E-state index in [1.807, 2.05) is 42.7 Å². The van der Waals surface area contributed by atoms with Gasteiger partial charge in [-0.2, -0.15) is 0 Å². The minimum Gasteiger partial charge on any atom is -0.545 e. The summed E-state index contributed by atoms with van der Waals surface area (Å²) in [4.78, 5) is 69.8. The van der Waals surface area contributed by atoms with Crippen LogP contribution in [0.1, 0.15) is 114 Å². The predicted molar refractivity (Wildman–Crippen MR) is 234 cm³/mol. The van der Waals surface area contributed by atoms with Crippen LogP contribution in [0.3, 0.4) is 0 Å². The molecule has 2 saturated heterocycles. The monoisotopic (exact) mass is 931 g/mol. The largest absolute Gasteiger partial charge is 1.00 e. The molecule has 2 aromatic heterocycles. The average Bonchev–Trinajstić information content (AvgIpc) is 4.11. The second-order valence-electron chi connectivity index (χ2n) is 18.5. The number of Topliss-reactive ketones (excluding diaryl/α,β-unsaturated/α-hetero) is 1. The smallest absolute Gasteiger partial charge is 0.545 e. The van der Waals surface area contributed by atoms with Gasteiger partial charge in [-0.15, -0.1) is 11.3 Å². The van der Waals surface area contributed by atoms with Crippen molar-refractivity contribution >= 4 is 55.8 Å². The molecular formula is C46H56F2N5NaO8S2. The van der Waals surface area contributed by atoms with E-state index >= 15 is 0 Å². The van der Waals surface area contributed by atoms with Crippen LogP contribution in [0, 0.1) is 24.2 Å². The van der Waals surface area contributed by atoms with Gasteiger partial charge in [0.25, 0.3) is 5.92 Å². The van der Waals surface area contributed by atoms with Crippen LogP contribution in [0.15, 0.2) is 35.7 Å². The zero-order chi connectivity index (χ0) is 44.8. The number of benzene rings is 1. The van der Waals surface area contributed by atoms with Crippen molar-refractivity contribution in [1.29, 1.82) is 0 Å². The Labute approximate surface area is 399 Å². The molecule has 0 radical (unpaired) electrons. The summed E-state index contributed by atoms with van der Waals surface area (Å²) in [6.45, 7) is 5.46. The Morgan fingerprint density at radius 3 is 2.55 bits per heavy atom. The topological polar surface area (TPSA) is 167 Å². The summed E-state index contributed by atoms with van der Waals surface area (Å²) in [6.07, 6.45) is 6.56. The molecule has 2 aliphatic carbocycles. The number of aromatic nitrogens is 2. The van der Waals surface area contributed by atoms with Gasteiger partial charge < -0.3 is 28.8 Å². The molecule has 1 aromatic carbocycles. The van der Waals surface area contributed by atoms with Gasteiger partial charge in [0.1, 0.15) is 28.3 Å². The molecule has 5 heterocycles. The number of hydrogen-bond acceptors (Lipinski definition) is 11. The zero-order valence-corrected chi connectivity index (χ0v) is 40.9.